The molecule has 0 saturated carbocycles. The topological polar surface area (TPSA) is 55.6 Å². The normalized spacial score (nSPS) is 16.5. The van der Waals surface area contributed by atoms with Gasteiger partial charge >= 0.3 is 0 Å². The van der Waals surface area contributed by atoms with Crippen molar-refractivity contribution < 1.29 is 9.53 Å². The van der Waals surface area contributed by atoms with Gasteiger partial charge in [0, 0.05) is 19.6 Å². The summed E-state index contributed by atoms with van der Waals surface area (Å²) in [4.78, 5) is 14.0. The number of benzene rings is 1. The molecule has 5 heteroatoms. The van der Waals surface area contributed by atoms with E-state index in [4.69, 9.17) is 10.5 Å². The van der Waals surface area contributed by atoms with Gasteiger partial charge in [-0.2, -0.15) is 0 Å². The summed E-state index contributed by atoms with van der Waals surface area (Å²) in [6.45, 7) is 3.98. The van der Waals surface area contributed by atoms with Gasteiger partial charge in [0.1, 0.15) is 5.75 Å². The lowest BCUT2D eigenvalue weighted by atomic mass is 10.2. The van der Waals surface area contributed by atoms with Crippen LogP contribution in [-0.4, -0.2) is 30.0 Å². The molecule has 1 aromatic rings. The number of hydrogen-bond acceptors (Lipinski definition) is 3. The molecule has 1 atom stereocenters. The van der Waals surface area contributed by atoms with Crippen LogP contribution in [0.3, 0.4) is 0 Å². The van der Waals surface area contributed by atoms with Crippen molar-refractivity contribution in [1.29, 1.82) is 0 Å². The molecule has 2 rings (SSSR count). The van der Waals surface area contributed by atoms with Gasteiger partial charge in [0.05, 0.1) is 4.47 Å². The SMILES string of the molecule is CC(Oc1ccc(CN)cc1Br)C(=O)N1CCCC1. The van der Waals surface area contributed by atoms with Crippen LogP contribution in [-0.2, 0) is 11.3 Å². The highest BCUT2D eigenvalue weighted by Gasteiger charge is 2.24. The Morgan fingerprint density at radius 3 is 2.74 bits per heavy atom. The molecule has 1 heterocycles. The minimum atomic E-state index is -0.460. The average molecular weight is 327 g/mol. The Morgan fingerprint density at radius 2 is 2.16 bits per heavy atom. The van der Waals surface area contributed by atoms with Gasteiger partial charge in [-0.05, 0) is 53.4 Å². The molecule has 0 bridgehead atoms. The van der Waals surface area contributed by atoms with Crippen LogP contribution < -0.4 is 10.5 Å². The van der Waals surface area contributed by atoms with Gasteiger partial charge in [-0.3, -0.25) is 4.79 Å². The number of carbonyl (C=O) groups is 1. The minimum absolute atomic E-state index is 0.0623. The van der Waals surface area contributed by atoms with Crippen molar-refractivity contribution >= 4 is 21.8 Å². The molecule has 1 aliphatic rings. The predicted molar refractivity (Wildman–Crippen MR) is 77.9 cm³/mol. The van der Waals surface area contributed by atoms with Gasteiger partial charge < -0.3 is 15.4 Å². The van der Waals surface area contributed by atoms with Crippen molar-refractivity contribution in [1.82, 2.24) is 4.90 Å². The fourth-order valence-electron chi connectivity index (χ4n) is 2.20. The van der Waals surface area contributed by atoms with Crippen LogP contribution in [0.15, 0.2) is 22.7 Å². The van der Waals surface area contributed by atoms with Crippen molar-refractivity contribution in [2.24, 2.45) is 5.73 Å². The third-order valence-corrected chi connectivity index (χ3v) is 3.92. The van der Waals surface area contributed by atoms with E-state index >= 15 is 0 Å². The third kappa shape index (κ3) is 3.48. The molecular weight excluding hydrogens is 308 g/mol. The molecule has 1 fully saturated rings. The summed E-state index contributed by atoms with van der Waals surface area (Å²) >= 11 is 3.44. The number of ether oxygens (including phenoxy) is 1. The van der Waals surface area contributed by atoms with Crippen LogP contribution in [0.4, 0.5) is 0 Å². The fraction of sp³-hybridized carbons (Fsp3) is 0.500. The van der Waals surface area contributed by atoms with Crippen molar-refractivity contribution in [2.45, 2.75) is 32.4 Å². The van der Waals surface area contributed by atoms with Gasteiger partial charge in [0.15, 0.2) is 6.10 Å². The standard InChI is InChI=1S/C14H19BrN2O2/c1-10(14(18)17-6-2-3-7-17)19-13-5-4-11(9-16)8-12(13)15/h4-5,8,10H,2-3,6-7,9,16H2,1H3. The molecule has 1 aliphatic heterocycles. The molecule has 1 aromatic carbocycles. The molecule has 0 radical (unpaired) electrons. The summed E-state index contributed by atoms with van der Waals surface area (Å²) in [7, 11) is 0. The van der Waals surface area contributed by atoms with Crippen LogP contribution in [0.2, 0.25) is 0 Å². The van der Waals surface area contributed by atoms with Crippen molar-refractivity contribution in [2.75, 3.05) is 13.1 Å². The van der Waals surface area contributed by atoms with Crippen molar-refractivity contribution in [3.8, 4) is 5.75 Å². The first-order valence-corrected chi connectivity index (χ1v) is 7.35. The molecule has 1 saturated heterocycles. The van der Waals surface area contributed by atoms with E-state index in [-0.39, 0.29) is 5.91 Å². The molecule has 0 aromatic heterocycles. The van der Waals surface area contributed by atoms with E-state index in [0.717, 1.165) is 36.0 Å². The second kappa shape index (κ2) is 6.39. The Kier molecular flexibility index (Phi) is 4.82. The maximum Gasteiger partial charge on any atom is 0.263 e. The lowest BCUT2D eigenvalue weighted by molar-refractivity contribution is -0.136. The van der Waals surface area contributed by atoms with Gasteiger partial charge in [0.2, 0.25) is 0 Å². The summed E-state index contributed by atoms with van der Waals surface area (Å²) in [6, 6.07) is 5.68. The summed E-state index contributed by atoms with van der Waals surface area (Å²) < 4.78 is 6.57. The molecule has 19 heavy (non-hydrogen) atoms. The van der Waals surface area contributed by atoms with Crippen LogP contribution in [0, 0.1) is 0 Å². The van der Waals surface area contributed by atoms with E-state index < -0.39 is 6.10 Å². The van der Waals surface area contributed by atoms with Crippen LogP contribution in [0.1, 0.15) is 25.3 Å². The monoisotopic (exact) mass is 326 g/mol. The maximum atomic E-state index is 12.1. The zero-order valence-electron chi connectivity index (χ0n) is 11.1. The van der Waals surface area contributed by atoms with Gasteiger partial charge in [-0.25, -0.2) is 0 Å². The van der Waals surface area contributed by atoms with Crippen LogP contribution >= 0.6 is 15.9 Å². The highest BCUT2D eigenvalue weighted by atomic mass is 79.9. The van der Waals surface area contributed by atoms with E-state index in [0.29, 0.717) is 12.3 Å². The molecule has 1 amide bonds. The lowest BCUT2D eigenvalue weighted by Crippen LogP contribution is -2.38. The first-order valence-electron chi connectivity index (χ1n) is 6.55. The number of rotatable bonds is 4. The fourth-order valence-corrected chi connectivity index (χ4v) is 2.72. The maximum absolute atomic E-state index is 12.1. The van der Waals surface area contributed by atoms with E-state index in [9.17, 15) is 4.79 Å². The molecular formula is C14H19BrN2O2. The van der Waals surface area contributed by atoms with E-state index in [2.05, 4.69) is 15.9 Å². The zero-order valence-corrected chi connectivity index (χ0v) is 12.6. The average Bonchev–Trinajstić information content (AvgIpc) is 2.94. The summed E-state index contributed by atoms with van der Waals surface area (Å²) in [5, 5.41) is 0. The Labute approximate surface area is 122 Å². The Hall–Kier alpha value is -1.07. The molecule has 2 N–H and O–H groups in total. The molecule has 104 valence electrons. The molecule has 0 spiro atoms. The Bertz CT molecular complexity index is 459. The van der Waals surface area contributed by atoms with E-state index in [1.54, 1.807) is 6.92 Å². The number of nitrogens with zero attached hydrogens (tertiary/aromatic N) is 1. The molecule has 1 unspecified atom stereocenters. The minimum Gasteiger partial charge on any atom is -0.480 e. The molecule has 0 aliphatic carbocycles. The largest absolute Gasteiger partial charge is 0.480 e. The number of hydrogen-bond donors (Lipinski definition) is 1. The number of amides is 1. The first kappa shape index (κ1) is 14.3. The highest BCUT2D eigenvalue weighted by Crippen LogP contribution is 2.27. The zero-order chi connectivity index (χ0) is 13.8. The van der Waals surface area contributed by atoms with Crippen molar-refractivity contribution in [3.63, 3.8) is 0 Å². The summed E-state index contributed by atoms with van der Waals surface area (Å²) in [6.07, 6.45) is 1.72. The van der Waals surface area contributed by atoms with Gasteiger partial charge in [-0.1, -0.05) is 6.07 Å². The van der Waals surface area contributed by atoms with E-state index in [1.165, 1.54) is 0 Å². The lowest BCUT2D eigenvalue weighted by Gasteiger charge is -2.21. The number of nitrogens with two attached hydrogens (primary N) is 1. The smallest absolute Gasteiger partial charge is 0.263 e. The third-order valence-electron chi connectivity index (χ3n) is 3.30. The number of carbonyl (C=O) groups excluding carboxylic acids is 1. The quantitative estimate of drug-likeness (QED) is 0.923. The number of likely N-dealkylation sites (tertiary alicyclic amines) is 1. The highest BCUT2D eigenvalue weighted by molar-refractivity contribution is 9.10. The van der Waals surface area contributed by atoms with Crippen LogP contribution in [0.5, 0.6) is 5.75 Å². The van der Waals surface area contributed by atoms with E-state index in [1.807, 2.05) is 23.1 Å². The van der Waals surface area contributed by atoms with Gasteiger partial charge in [-0.15, -0.1) is 0 Å². The Balaban J connectivity index is 2.01. The Morgan fingerprint density at radius 1 is 1.47 bits per heavy atom. The first-order chi connectivity index (χ1) is 9.11. The summed E-state index contributed by atoms with van der Waals surface area (Å²) in [5.41, 5.74) is 6.60. The predicted octanol–water partition coefficient (Wildman–Crippen LogP) is 2.30. The van der Waals surface area contributed by atoms with Crippen LogP contribution in [0.25, 0.3) is 0 Å². The second-order valence-corrected chi connectivity index (χ2v) is 5.62. The summed E-state index contributed by atoms with van der Waals surface area (Å²) in [5.74, 6) is 0.740. The van der Waals surface area contributed by atoms with Gasteiger partial charge in [0.25, 0.3) is 5.91 Å². The number of halogens is 1. The second-order valence-electron chi connectivity index (χ2n) is 4.76. The van der Waals surface area contributed by atoms with Crippen molar-refractivity contribution in [3.05, 3.63) is 28.2 Å². The molecule has 4 nitrogen and oxygen atoms in total.